The monoisotopic (exact) mass is 238 g/mol. The fraction of sp³-hybridized carbons (Fsp3) is 0.750. The number of nitrogen functional groups attached to an aromatic ring is 1. The highest BCUT2D eigenvalue weighted by Crippen LogP contribution is 2.24. The van der Waals surface area contributed by atoms with Gasteiger partial charge in [0.1, 0.15) is 12.3 Å². The largest absolute Gasteiger partial charge is 0.475 e. The van der Waals surface area contributed by atoms with Gasteiger partial charge in [0.25, 0.3) is 0 Å². The molecule has 1 aliphatic heterocycles. The molecule has 0 saturated carbocycles. The summed E-state index contributed by atoms with van der Waals surface area (Å²) in [4.78, 5) is 2.36. The first kappa shape index (κ1) is 12.2. The quantitative estimate of drug-likeness (QED) is 0.859. The van der Waals surface area contributed by atoms with Crippen molar-refractivity contribution in [3.63, 3.8) is 0 Å². The number of anilines is 1. The Kier molecular flexibility index (Phi) is 3.57. The molecule has 0 aromatic carbocycles. The molecule has 1 unspecified atom stereocenters. The number of nitrogens with zero attached hydrogens (tertiary/aromatic N) is 3. The van der Waals surface area contributed by atoms with Crippen molar-refractivity contribution in [1.29, 1.82) is 0 Å². The third-order valence-electron chi connectivity index (χ3n) is 3.55. The molecular formula is C12H22N4O. The molecule has 5 heteroatoms. The van der Waals surface area contributed by atoms with E-state index in [1.165, 1.54) is 19.3 Å². The predicted octanol–water partition coefficient (Wildman–Crippen LogP) is 1.17. The van der Waals surface area contributed by atoms with Crippen molar-refractivity contribution in [1.82, 2.24) is 14.7 Å². The summed E-state index contributed by atoms with van der Waals surface area (Å²) in [6.45, 7) is 3.75. The lowest BCUT2D eigenvalue weighted by Gasteiger charge is -2.32. The molecule has 2 N–H and O–H groups in total. The molecule has 17 heavy (non-hydrogen) atoms. The Morgan fingerprint density at radius 3 is 2.76 bits per heavy atom. The summed E-state index contributed by atoms with van der Waals surface area (Å²) in [5.74, 6) is 0.696. The van der Waals surface area contributed by atoms with Gasteiger partial charge < -0.3 is 15.4 Å². The summed E-state index contributed by atoms with van der Waals surface area (Å²) < 4.78 is 7.55. The summed E-state index contributed by atoms with van der Waals surface area (Å²) in [5.41, 5.74) is 7.42. The molecule has 1 atom stereocenters. The number of rotatable bonds is 3. The molecule has 2 heterocycles. The van der Waals surface area contributed by atoms with Gasteiger partial charge in [0.15, 0.2) is 0 Å². The van der Waals surface area contributed by atoms with E-state index in [1.54, 1.807) is 4.68 Å². The Morgan fingerprint density at radius 2 is 2.18 bits per heavy atom. The summed E-state index contributed by atoms with van der Waals surface area (Å²) >= 11 is 0. The number of hydrogen-bond donors (Lipinski definition) is 1. The van der Waals surface area contributed by atoms with Gasteiger partial charge in [-0.05, 0) is 33.4 Å². The smallest absolute Gasteiger partial charge is 0.235 e. The van der Waals surface area contributed by atoms with E-state index in [9.17, 15) is 0 Å². The van der Waals surface area contributed by atoms with Gasteiger partial charge in [0.05, 0.1) is 5.69 Å². The van der Waals surface area contributed by atoms with E-state index in [4.69, 9.17) is 10.5 Å². The molecule has 0 aliphatic carbocycles. The molecule has 1 aliphatic rings. The number of ether oxygens (including phenoxy) is 1. The number of aromatic nitrogens is 2. The molecule has 1 aromatic rings. The molecular weight excluding hydrogens is 216 g/mol. The summed E-state index contributed by atoms with van der Waals surface area (Å²) in [7, 11) is 4.02. The number of nitrogens with two attached hydrogens (primary N) is 1. The molecule has 0 spiro atoms. The van der Waals surface area contributed by atoms with E-state index in [0.29, 0.717) is 24.2 Å². The van der Waals surface area contributed by atoms with Crippen LogP contribution in [0.15, 0.2) is 0 Å². The minimum atomic E-state index is 0.498. The Balaban J connectivity index is 1.97. The molecule has 1 saturated heterocycles. The highest BCUT2D eigenvalue weighted by atomic mass is 16.5. The lowest BCUT2D eigenvalue weighted by Crippen LogP contribution is -2.40. The van der Waals surface area contributed by atoms with Crippen LogP contribution < -0.4 is 10.5 Å². The Hall–Kier alpha value is -1.23. The lowest BCUT2D eigenvalue weighted by atomic mass is 10.0. The second kappa shape index (κ2) is 4.96. The van der Waals surface area contributed by atoms with Crippen LogP contribution in [-0.4, -0.2) is 40.9 Å². The third-order valence-corrected chi connectivity index (χ3v) is 3.55. The van der Waals surface area contributed by atoms with Crippen molar-refractivity contribution in [2.24, 2.45) is 7.05 Å². The lowest BCUT2D eigenvalue weighted by molar-refractivity contribution is 0.120. The standard InChI is InChI=1S/C12H22N4O/c1-9-11(13)12(16(3)14-9)17-8-10-6-4-5-7-15(10)2/h10H,4-8,13H2,1-3H3. The molecule has 0 amide bonds. The van der Waals surface area contributed by atoms with E-state index in [2.05, 4.69) is 17.0 Å². The van der Waals surface area contributed by atoms with E-state index in [-0.39, 0.29) is 0 Å². The molecule has 0 radical (unpaired) electrons. The van der Waals surface area contributed by atoms with E-state index >= 15 is 0 Å². The highest BCUT2D eigenvalue weighted by Gasteiger charge is 2.21. The van der Waals surface area contributed by atoms with Crippen LogP contribution in [0.3, 0.4) is 0 Å². The van der Waals surface area contributed by atoms with Gasteiger partial charge >= 0.3 is 0 Å². The fourth-order valence-electron chi connectivity index (χ4n) is 2.35. The average molecular weight is 238 g/mol. The minimum absolute atomic E-state index is 0.498. The van der Waals surface area contributed by atoms with Crippen molar-refractivity contribution in [2.75, 3.05) is 25.9 Å². The van der Waals surface area contributed by atoms with Crippen LogP contribution in [0.1, 0.15) is 25.0 Å². The molecule has 1 fully saturated rings. The minimum Gasteiger partial charge on any atom is -0.475 e. The number of likely N-dealkylation sites (N-methyl/N-ethyl adjacent to an activating group) is 1. The van der Waals surface area contributed by atoms with Gasteiger partial charge in [-0.2, -0.15) is 5.10 Å². The second-order valence-electron chi connectivity index (χ2n) is 4.87. The number of aryl methyl sites for hydroxylation is 2. The first-order valence-electron chi connectivity index (χ1n) is 6.21. The average Bonchev–Trinajstić information content (AvgIpc) is 2.53. The van der Waals surface area contributed by atoms with E-state index < -0.39 is 0 Å². The van der Waals surface area contributed by atoms with Crippen LogP contribution in [-0.2, 0) is 7.05 Å². The van der Waals surface area contributed by atoms with E-state index in [0.717, 1.165) is 12.2 Å². The van der Waals surface area contributed by atoms with Gasteiger partial charge in [0, 0.05) is 13.1 Å². The van der Waals surface area contributed by atoms with Crippen LogP contribution in [0.5, 0.6) is 5.88 Å². The van der Waals surface area contributed by atoms with Crippen LogP contribution in [0.25, 0.3) is 0 Å². The van der Waals surface area contributed by atoms with Crippen molar-refractivity contribution >= 4 is 5.69 Å². The van der Waals surface area contributed by atoms with Gasteiger partial charge in [-0.15, -0.1) is 0 Å². The summed E-state index contributed by atoms with van der Waals surface area (Å²) in [6.07, 6.45) is 3.78. The zero-order valence-corrected chi connectivity index (χ0v) is 10.9. The number of likely N-dealkylation sites (tertiary alicyclic amines) is 1. The predicted molar refractivity (Wildman–Crippen MR) is 68.1 cm³/mol. The van der Waals surface area contributed by atoms with Crippen LogP contribution in [0, 0.1) is 6.92 Å². The van der Waals surface area contributed by atoms with Gasteiger partial charge in [-0.25, -0.2) is 4.68 Å². The van der Waals surface area contributed by atoms with Crippen LogP contribution in [0.2, 0.25) is 0 Å². The Morgan fingerprint density at radius 1 is 1.41 bits per heavy atom. The highest BCUT2D eigenvalue weighted by molar-refractivity contribution is 5.52. The molecule has 0 bridgehead atoms. The second-order valence-corrected chi connectivity index (χ2v) is 4.87. The maximum Gasteiger partial charge on any atom is 0.235 e. The van der Waals surface area contributed by atoms with Crippen molar-refractivity contribution in [3.05, 3.63) is 5.69 Å². The molecule has 1 aromatic heterocycles. The Bertz CT molecular complexity index is 388. The molecule has 5 nitrogen and oxygen atoms in total. The number of hydrogen-bond acceptors (Lipinski definition) is 4. The van der Waals surface area contributed by atoms with Crippen molar-refractivity contribution in [3.8, 4) is 5.88 Å². The summed E-state index contributed by atoms with van der Waals surface area (Å²) in [6, 6.07) is 0.498. The van der Waals surface area contributed by atoms with Gasteiger partial charge in [-0.3, -0.25) is 0 Å². The van der Waals surface area contributed by atoms with Crippen LogP contribution in [0.4, 0.5) is 5.69 Å². The van der Waals surface area contributed by atoms with Crippen molar-refractivity contribution < 1.29 is 4.74 Å². The Labute approximate surface area is 103 Å². The first-order chi connectivity index (χ1) is 8.09. The topological polar surface area (TPSA) is 56.3 Å². The SMILES string of the molecule is Cc1nn(C)c(OCC2CCCCN2C)c1N. The molecule has 2 rings (SSSR count). The zero-order valence-electron chi connectivity index (χ0n) is 10.9. The maximum atomic E-state index is 5.93. The number of piperidine rings is 1. The van der Waals surface area contributed by atoms with Gasteiger partial charge in [0.2, 0.25) is 5.88 Å². The van der Waals surface area contributed by atoms with Crippen LogP contribution >= 0.6 is 0 Å². The molecule has 96 valence electrons. The van der Waals surface area contributed by atoms with E-state index in [1.807, 2.05) is 14.0 Å². The van der Waals surface area contributed by atoms with Gasteiger partial charge in [-0.1, -0.05) is 6.42 Å². The normalized spacial score (nSPS) is 21.7. The first-order valence-corrected chi connectivity index (χ1v) is 6.21. The fourth-order valence-corrected chi connectivity index (χ4v) is 2.35. The maximum absolute atomic E-state index is 5.93. The third kappa shape index (κ3) is 2.54. The zero-order chi connectivity index (χ0) is 12.4. The van der Waals surface area contributed by atoms with Crippen molar-refractivity contribution in [2.45, 2.75) is 32.2 Å². The summed E-state index contributed by atoms with van der Waals surface area (Å²) in [5, 5.41) is 4.25.